The molecule has 4 heteroatoms. The average Bonchev–Trinajstić information content (AvgIpc) is 2.14. The van der Waals surface area contributed by atoms with E-state index in [0.29, 0.717) is 0 Å². The Morgan fingerprint density at radius 2 is 1.07 bits per heavy atom. The van der Waals surface area contributed by atoms with Gasteiger partial charge in [0.25, 0.3) is 0 Å². The number of hydrogen-bond acceptors (Lipinski definition) is 3. The summed E-state index contributed by atoms with van der Waals surface area (Å²) in [6.45, 7) is 2.22. The molecule has 0 heterocycles. The first-order chi connectivity index (χ1) is 7.06. The minimum atomic E-state index is -3.74. The zero-order chi connectivity index (χ0) is 11.6. The Hall–Kier alpha value is 0.0969. The lowest BCUT2D eigenvalue weighted by Gasteiger charge is -2.08. The zero-order valence-corrected chi connectivity index (χ0v) is 10.9. The van der Waals surface area contributed by atoms with E-state index in [0.717, 1.165) is 19.3 Å². The maximum absolute atomic E-state index is 8.77. The van der Waals surface area contributed by atoms with E-state index in [1.54, 1.807) is 0 Å². The Morgan fingerprint density at radius 3 is 1.47 bits per heavy atom. The maximum atomic E-state index is 8.77. The quantitative estimate of drug-likeness (QED) is 0.402. The number of hydrogen-bond donors (Lipinski definition) is 3. The van der Waals surface area contributed by atoms with Crippen LogP contribution in [0, 0.1) is 0 Å². The van der Waals surface area contributed by atoms with Crippen molar-refractivity contribution >= 4 is 8.80 Å². The van der Waals surface area contributed by atoms with E-state index in [2.05, 4.69) is 6.92 Å². The van der Waals surface area contributed by atoms with Crippen molar-refractivity contribution in [2.24, 2.45) is 0 Å². The molecule has 92 valence electrons. The fourth-order valence-electron chi connectivity index (χ4n) is 1.67. The fourth-order valence-corrected chi connectivity index (χ4v) is 2.40. The summed E-state index contributed by atoms with van der Waals surface area (Å²) in [6, 6.07) is 0.197. The predicted octanol–water partition coefficient (Wildman–Crippen LogP) is 2.43. The van der Waals surface area contributed by atoms with Crippen LogP contribution in [0.15, 0.2) is 0 Å². The highest BCUT2D eigenvalue weighted by Gasteiger charge is 2.25. The van der Waals surface area contributed by atoms with Crippen LogP contribution < -0.4 is 0 Å². The van der Waals surface area contributed by atoms with Gasteiger partial charge in [0, 0.05) is 6.04 Å². The van der Waals surface area contributed by atoms with E-state index in [1.165, 1.54) is 38.5 Å². The highest BCUT2D eigenvalue weighted by atomic mass is 28.4. The predicted molar refractivity (Wildman–Crippen MR) is 64.4 cm³/mol. The van der Waals surface area contributed by atoms with E-state index >= 15 is 0 Å². The largest absolute Gasteiger partial charge is 0.492 e. The minimum Gasteiger partial charge on any atom is -0.390 e. The molecule has 0 aliphatic heterocycles. The van der Waals surface area contributed by atoms with Gasteiger partial charge in [0.1, 0.15) is 0 Å². The van der Waals surface area contributed by atoms with Crippen LogP contribution in [0.4, 0.5) is 0 Å². The molecule has 0 saturated carbocycles. The van der Waals surface area contributed by atoms with Gasteiger partial charge in [0.15, 0.2) is 0 Å². The van der Waals surface area contributed by atoms with Crippen molar-refractivity contribution in [2.45, 2.75) is 70.8 Å². The molecule has 0 bridgehead atoms. The zero-order valence-electron chi connectivity index (χ0n) is 9.91. The minimum absolute atomic E-state index is 0.197. The standard InChI is InChI=1S/C11H26O3Si/c1-2-3-4-5-6-7-8-9-10-11-15(12,13)14/h12-14H,2-11H2,1H3. The number of rotatable bonds is 10. The summed E-state index contributed by atoms with van der Waals surface area (Å²) < 4.78 is 0. The Labute approximate surface area is 94.5 Å². The fraction of sp³-hybridized carbons (Fsp3) is 1.00. The van der Waals surface area contributed by atoms with Gasteiger partial charge in [-0.05, 0) is 6.42 Å². The molecular formula is C11H26O3Si. The molecule has 0 aliphatic rings. The molecule has 0 aromatic carbocycles. The Balaban J connectivity index is 2.99. The second-order valence-electron chi connectivity index (χ2n) is 4.35. The van der Waals surface area contributed by atoms with Crippen LogP contribution in [0.5, 0.6) is 0 Å². The topological polar surface area (TPSA) is 60.7 Å². The van der Waals surface area contributed by atoms with Crippen molar-refractivity contribution in [2.75, 3.05) is 0 Å². The molecule has 0 aliphatic carbocycles. The van der Waals surface area contributed by atoms with Gasteiger partial charge in [0.05, 0.1) is 0 Å². The van der Waals surface area contributed by atoms with Crippen LogP contribution in [-0.2, 0) is 0 Å². The normalized spacial score (nSPS) is 12.0. The van der Waals surface area contributed by atoms with Crippen molar-refractivity contribution in [1.82, 2.24) is 0 Å². The van der Waals surface area contributed by atoms with E-state index in [9.17, 15) is 0 Å². The van der Waals surface area contributed by atoms with Gasteiger partial charge in [-0.2, -0.15) is 0 Å². The van der Waals surface area contributed by atoms with E-state index in [-0.39, 0.29) is 6.04 Å². The smallest absolute Gasteiger partial charge is 0.390 e. The van der Waals surface area contributed by atoms with Gasteiger partial charge < -0.3 is 14.4 Å². The van der Waals surface area contributed by atoms with Crippen LogP contribution >= 0.6 is 0 Å². The summed E-state index contributed by atoms with van der Waals surface area (Å²) in [5.74, 6) is 0. The average molecular weight is 234 g/mol. The molecule has 0 spiro atoms. The molecule has 0 saturated heterocycles. The molecule has 0 aromatic heterocycles. The van der Waals surface area contributed by atoms with Crippen molar-refractivity contribution in [1.29, 1.82) is 0 Å². The van der Waals surface area contributed by atoms with Crippen molar-refractivity contribution < 1.29 is 14.4 Å². The Kier molecular flexibility index (Phi) is 9.39. The van der Waals surface area contributed by atoms with Crippen LogP contribution in [0.1, 0.15) is 64.7 Å². The van der Waals surface area contributed by atoms with Crippen LogP contribution in [0.2, 0.25) is 6.04 Å². The lowest BCUT2D eigenvalue weighted by atomic mass is 10.1. The van der Waals surface area contributed by atoms with E-state index in [4.69, 9.17) is 14.4 Å². The second-order valence-corrected chi connectivity index (χ2v) is 6.40. The summed E-state index contributed by atoms with van der Waals surface area (Å²) in [4.78, 5) is 26.3. The molecule has 0 aromatic rings. The molecule has 0 radical (unpaired) electrons. The second kappa shape index (κ2) is 9.33. The summed E-state index contributed by atoms with van der Waals surface area (Å²) in [5, 5.41) is 0. The van der Waals surface area contributed by atoms with Crippen molar-refractivity contribution in [3.8, 4) is 0 Å². The third-order valence-corrected chi connectivity index (χ3v) is 3.64. The highest BCUT2D eigenvalue weighted by molar-refractivity contribution is 6.56. The van der Waals surface area contributed by atoms with Gasteiger partial charge in [0.2, 0.25) is 0 Å². The highest BCUT2D eigenvalue weighted by Crippen LogP contribution is 2.12. The van der Waals surface area contributed by atoms with E-state index < -0.39 is 8.80 Å². The summed E-state index contributed by atoms with van der Waals surface area (Å²) >= 11 is 0. The first kappa shape index (κ1) is 15.1. The van der Waals surface area contributed by atoms with Gasteiger partial charge >= 0.3 is 8.80 Å². The van der Waals surface area contributed by atoms with Crippen molar-refractivity contribution in [3.05, 3.63) is 0 Å². The van der Waals surface area contributed by atoms with Crippen LogP contribution in [-0.4, -0.2) is 23.2 Å². The molecule has 0 rings (SSSR count). The van der Waals surface area contributed by atoms with Crippen molar-refractivity contribution in [3.63, 3.8) is 0 Å². The van der Waals surface area contributed by atoms with Gasteiger partial charge in [-0.1, -0.05) is 58.3 Å². The summed E-state index contributed by atoms with van der Waals surface area (Å²) in [5.41, 5.74) is 0. The molecule has 0 atom stereocenters. The Bertz CT molecular complexity index is 134. The molecular weight excluding hydrogens is 208 g/mol. The van der Waals surface area contributed by atoms with Crippen LogP contribution in [0.25, 0.3) is 0 Å². The molecule has 0 unspecified atom stereocenters. The maximum Gasteiger partial charge on any atom is 0.492 e. The van der Waals surface area contributed by atoms with Gasteiger partial charge in [-0.25, -0.2) is 0 Å². The summed E-state index contributed by atoms with van der Waals surface area (Å²) in [7, 11) is -3.74. The Morgan fingerprint density at radius 1 is 0.667 bits per heavy atom. The SMILES string of the molecule is CCCCCCCCCCC[Si](O)(O)O. The molecule has 15 heavy (non-hydrogen) atoms. The molecule has 3 nitrogen and oxygen atoms in total. The van der Waals surface area contributed by atoms with Gasteiger partial charge in [-0.3, -0.25) is 0 Å². The third kappa shape index (κ3) is 14.1. The molecule has 0 fully saturated rings. The first-order valence-electron chi connectivity index (χ1n) is 6.23. The third-order valence-electron chi connectivity index (χ3n) is 2.62. The summed E-state index contributed by atoms with van der Waals surface area (Å²) in [6.07, 6.45) is 10.7. The molecule has 0 amide bonds. The number of unbranched alkanes of at least 4 members (excludes halogenated alkanes) is 8. The lowest BCUT2D eigenvalue weighted by Crippen LogP contribution is -2.33. The monoisotopic (exact) mass is 234 g/mol. The lowest BCUT2D eigenvalue weighted by molar-refractivity contribution is 0.226. The van der Waals surface area contributed by atoms with E-state index in [1.807, 2.05) is 0 Å². The first-order valence-corrected chi connectivity index (χ1v) is 8.28. The van der Waals surface area contributed by atoms with Crippen LogP contribution in [0.3, 0.4) is 0 Å². The van der Waals surface area contributed by atoms with Gasteiger partial charge in [-0.15, -0.1) is 0 Å². The molecule has 3 N–H and O–H groups in total.